The van der Waals surface area contributed by atoms with E-state index in [1.54, 1.807) is 18.0 Å². The first-order valence-electron chi connectivity index (χ1n) is 8.97. The van der Waals surface area contributed by atoms with Crippen LogP contribution in [-0.2, 0) is 11.3 Å². The van der Waals surface area contributed by atoms with Crippen LogP contribution in [0.25, 0.3) is 11.8 Å². The highest BCUT2D eigenvalue weighted by Gasteiger charge is 2.14. The van der Waals surface area contributed by atoms with Crippen molar-refractivity contribution in [2.75, 3.05) is 7.05 Å². The van der Waals surface area contributed by atoms with Gasteiger partial charge in [0.05, 0.1) is 12.2 Å². The summed E-state index contributed by atoms with van der Waals surface area (Å²) in [4.78, 5) is 14.2. The second kappa shape index (κ2) is 7.66. The van der Waals surface area contributed by atoms with Crippen LogP contribution in [0, 0.1) is 27.7 Å². The number of rotatable bonds is 5. The van der Waals surface area contributed by atoms with Gasteiger partial charge in [-0.25, -0.2) is 0 Å². The molecular weight excluding hydrogens is 338 g/mol. The number of carbonyl (C=O) groups is 1. The number of nitrogens with zero attached hydrogens (tertiary/aromatic N) is 3. The van der Waals surface area contributed by atoms with Gasteiger partial charge in [0.25, 0.3) is 0 Å². The van der Waals surface area contributed by atoms with E-state index in [2.05, 4.69) is 41.8 Å². The van der Waals surface area contributed by atoms with Gasteiger partial charge in [0.2, 0.25) is 5.91 Å². The van der Waals surface area contributed by atoms with Crippen LogP contribution >= 0.6 is 0 Å². The summed E-state index contributed by atoms with van der Waals surface area (Å²) in [7, 11) is 1.78. The van der Waals surface area contributed by atoms with E-state index in [-0.39, 0.29) is 5.91 Å². The first kappa shape index (κ1) is 18.7. The van der Waals surface area contributed by atoms with Gasteiger partial charge in [-0.2, -0.15) is 0 Å². The maximum atomic E-state index is 12.5. The van der Waals surface area contributed by atoms with Crippen LogP contribution in [0.15, 0.2) is 47.0 Å². The van der Waals surface area contributed by atoms with Crippen molar-refractivity contribution >= 4 is 12.0 Å². The maximum Gasteiger partial charge on any atom is 0.246 e. The molecule has 0 aliphatic heterocycles. The SMILES string of the molecule is Cc1noc(C)c1CN(C)C(=O)/C=C/c1cc(C)n(-c2ccccc2)c1C. The van der Waals surface area contributed by atoms with E-state index in [1.807, 2.05) is 38.1 Å². The molecule has 2 heterocycles. The zero-order valence-electron chi connectivity index (χ0n) is 16.5. The monoisotopic (exact) mass is 363 g/mol. The molecule has 1 aromatic carbocycles. The summed E-state index contributed by atoms with van der Waals surface area (Å²) in [6, 6.07) is 12.3. The third-order valence-corrected chi connectivity index (χ3v) is 4.84. The van der Waals surface area contributed by atoms with Crippen LogP contribution in [0.5, 0.6) is 0 Å². The third kappa shape index (κ3) is 3.87. The number of hydrogen-bond acceptors (Lipinski definition) is 3. The number of hydrogen-bond donors (Lipinski definition) is 0. The van der Waals surface area contributed by atoms with Crippen molar-refractivity contribution in [3.63, 3.8) is 0 Å². The van der Waals surface area contributed by atoms with Gasteiger partial charge in [0.15, 0.2) is 0 Å². The zero-order valence-corrected chi connectivity index (χ0v) is 16.5. The molecule has 3 aromatic rings. The summed E-state index contributed by atoms with van der Waals surface area (Å²) in [5.41, 5.74) is 6.18. The molecule has 0 atom stereocenters. The molecule has 2 aromatic heterocycles. The van der Waals surface area contributed by atoms with Crippen LogP contribution in [0.4, 0.5) is 0 Å². The van der Waals surface area contributed by atoms with E-state index in [0.29, 0.717) is 6.54 Å². The largest absolute Gasteiger partial charge is 0.361 e. The van der Waals surface area contributed by atoms with Crippen molar-refractivity contribution in [1.82, 2.24) is 14.6 Å². The summed E-state index contributed by atoms with van der Waals surface area (Å²) in [5.74, 6) is 0.696. The predicted molar refractivity (Wildman–Crippen MR) is 107 cm³/mol. The summed E-state index contributed by atoms with van der Waals surface area (Å²) < 4.78 is 7.36. The van der Waals surface area contributed by atoms with Crippen LogP contribution in [0.2, 0.25) is 0 Å². The Kier molecular flexibility index (Phi) is 5.31. The Morgan fingerprint density at radius 2 is 1.89 bits per heavy atom. The van der Waals surface area contributed by atoms with Crippen molar-refractivity contribution < 1.29 is 9.32 Å². The number of benzene rings is 1. The highest BCUT2D eigenvalue weighted by atomic mass is 16.5. The normalized spacial score (nSPS) is 11.3. The highest BCUT2D eigenvalue weighted by molar-refractivity contribution is 5.91. The second-order valence-electron chi connectivity index (χ2n) is 6.83. The fourth-order valence-corrected chi connectivity index (χ4v) is 3.26. The minimum absolute atomic E-state index is 0.0560. The zero-order chi connectivity index (χ0) is 19.6. The van der Waals surface area contributed by atoms with Gasteiger partial charge in [-0.15, -0.1) is 0 Å². The van der Waals surface area contributed by atoms with Crippen LogP contribution in [0.1, 0.15) is 34.0 Å². The number of likely N-dealkylation sites (N-methyl/N-ethyl adjacent to an activating group) is 1. The van der Waals surface area contributed by atoms with Crippen LogP contribution in [-0.4, -0.2) is 27.6 Å². The highest BCUT2D eigenvalue weighted by Crippen LogP contribution is 2.22. The molecule has 27 heavy (non-hydrogen) atoms. The van der Waals surface area contributed by atoms with Crippen molar-refractivity contribution in [2.45, 2.75) is 34.2 Å². The van der Waals surface area contributed by atoms with Gasteiger partial charge in [-0.1, -0.05) is 23.4 Å². The molecule has 1 amide bonds. The van der Waals surface area contributed by atoms with Gasteiger partial charge >= 0.3 is 0 Å². The first-order valence-corrected chi connectivity index (χ1v) is 8.97. The minimum atomic E-state index is -0.0560. The topological polar surface area (TPSA) is 51.3 Å². The van der Waals surface area contributed by atoms with Crippen molar-refractivity contribution in [1.29, 1.82) is 0 Å². The molecule has 0 saturated heterocycles. The van der Waals surface area contributed by atoms with Crippen molar-refractivity contribution in [3.05, 3.63) is 76.4 Å². The van der Waals surface area contributed by atoms with Crippen LogP contribution in [0.3, 0.4) is 0 Å². The molecule has 3 rings (SSSR count). The summed E-state index contributed by atoms with van der Waals surface area (Å²) >= 11 is 0. The summed E-state index contributed by atoms with van der Waals surface area (Å²) in [6.07, 6.45) is 3.50. The van der Waals surface area contributed by atoms with E-state index in [1.165, 1.54) is 0 Å². The van der Waals surface area contributed by atoms with Crippen LogP contribution < -0.4 is 0 Å². The number of aryl methyl sites for hydroxylation is 3. The number of para-hydroxylation sites is 1. The Bertz CT molecular complexity index is 961. The molecule has 0 bridgehead atoms. The lowest BCUT2D eigenvalue weighted by Crippen LogP contribution is -2.24. The van der Waals surface area contributed by atoms with Gasteiger partial charge in [0.1, 0.15) is 5.76 Å². The molecule has 0 unspecified atom stereocenters. The Morgan fingerprint density at radius 3 is 2.52 bits per heavy atom. The van der Waals surface area contributed by atoms with Gasteiger partial charge in [-0.05, 0) is 57.5 Å². The lowest BCUT2D eigenvalue weighted by molar-refractivity contribution is -0.125. The van der Waals surface area contributed by atoms with E-state index in [4.69, 9.17) is 4.52 Å². The Labute approximate surface area is 159 Å². The van der Waals surface area contributed by atoms with E-state index < -0.39 is 0 Å². The first-order chi connectivity index (χ1) is 12.9. The van der Waals surface area contributed by atoms with E-state index in [9.17, 15) is 4.79 Å². The molecular formula is C22H25N3O2. The smallest absolute Gasteiger partial charge is 0.246 e. The lowest BCUT2D eigenvalue weighted by Gasteiger charge is -2.14. The summed E-state index contributed by atoms with van der Waals surface area (Å²) in [6.45, 7) is 8.37. The molecule has 0 N–H and O–H groups in total. The van der Waals surface area contributed by atoms with E-state index >= 15 is 0 Å². The number of amides is 1. The quantitative estimate of drug-likeness (QED) is 0.633. The third-order valence-electron chi connectivity index (χ3n) is 4.84. The molecule has 0 saturated carbocycles. The predicted octanol–water partition coefficient (Wildman–Crippen LogP) is 4.37. The van der Waals surface area contributed by atoms with Gasteiger partial charge in [-0.3, -0.25) is 4.79 Å². The molecule has 0 radical (unpaired) electrons. The Hall–Kier alpha value is -3.08. The van der Waals surface area contributed by atoms with E-state index in [0.717, 1.165) is 39.7 Å². The number of aromatic nitrogens is 2. The molecule has 5 heteroatoms. The van der Waals surface area contributed by atoms with Crippen molar-refractivity contribution in [2.24, 2.45) is 0 Å². The second-order valence-corrected chi connectivity index (χ2v) is 6.83. The molecule has 140 valence electrons. The fourth-order valence-electron chi connectivity index (χ4n) is 3.26. The lowest BCUT2D eigenvalue weighted by atomic mass is 10.2. The van der Waals surface area contributed by atoms with Gasteiger partial charge in [0, 0.05) is 35.8 Å². The molecule has 0 fully saturated rings. The Balaban J connectivity index is 1.77. The Morgan fingerprint density at radius 1 is 1.19 bits per heavy atom. The fraction of sp³-hybridized carbons (Fsp3) is 0.273. The standard InChI is InChI=1S/C22H25N3O2/c1-15-13-19(17(3)25(15)20-9-7-6-8-10-20)11-12-22(26)24(5)14-21-16(2)23-27-18(21)4/h6-13H,14H2,1-5H3/b12-11+. The molecule has 0 aliphatic carbocycles. The minimum Gasteiger partial charge on any atom is -0.361 e. The maximum absolute atomic E-state index is 12.5. The molecule has 5 nitrogen and oxygen atoms in total. The summed E-state index contributed by atoms with van der Waals surface area (Å²) in [5, 5.41) is 3.94. The van der Waals surface area contributed by atoms with Gasteiger partial charge < -0.3 is 14.0 Å². The average molecular weight is 363 g/mol. The average Bonchev–Trinajstić information content (AvgIpc) is 3.12. The van der Waals surface area contributed by atoms with Crippen molar-refractivity contribution in [3.8, 4) is 5.69 Å². The molecule has 0 spiro atoms. The number of carbonyl (C=O) groups excluding carboxylic acids is 1. The molecule has 0 aliphatic rings.